The average molecular weight is 499 g/mol. The van der Waals surface area contributed by atoms with E-state index in [2.05, 4.69) is 4.52 Å². The summed E-state index contributed by atoms with van der Waals surface area (Å²) in [6, 6.07) is 17.8. The molecule has 0 saturated carbocycles. The lowest BCUT2D eigenvalue weighted by Gasteiger charge is -2.27. The summed E-state index contributed by atoms with van der Waals surface area (Å²) < 4.78 is 27.3. The SMILES string of the molecule is Cc1ccc(Oc2ccc3oc4cc(CCC(N)(CO)COP(=O)(O)O)ccc4c(=O)c3c2)cc1. The summed E-state index contributed by atoms with van der Waals surface area (Å²) in [5.74, 6) is 1.18. The van der Waals surface area contributed by atoms with Crippen LogP contribution in [0, 0.1) is 6.92 Å². The highest BCUT2D eigenvalue weighted by molar-refractivity contribution is 7.46. The minimum atomic E-state index is -4.71. The molecule has 10 heteroatoms. The van der Waals surface area contributed by atoms with Gasteiger partial charge in [-0.05, 0) is 67.8 Å². The molecule has 4 aromatic rings. The molecule has 0 aliphatic rings. The second kappa shape index (κ2) is 9.91. The van der Waals surface area contributed by atoms with E-state index < -0.39 is 26.6 Å². The van der Waals surface area contributed by atoms with Crippen molar-refractivity contribution < 1.29 is 33.1 Å². The van der Waals surface area contributed by atoms with Crippen molar-refractivity contribution in [1.29, 1.82) is 0 Å². The van der Waals surface area contributed by atoms with Crippen LogP contribution >= 0.6 is 7.82 Å². The van der Waals surface area contributed by atoms with Crippen LogP contribution in [0.25, 0.3) is 21.9 Å². The summed E-state index contributed by atoms with van der Waals surface area (Å²) in [5, 5.41) is 10.4. The van der Waals surface area contributed by atoms with Crippen molar-refractivity contribution in [3.05, 3.63) is 82.0 Å². The first kappa shape index (κ1) is 25.1. The minimum absolute atomic E-state index is 0.187. The number of phosphoric ester groups is 1. The third-order valence-corrected chi connectivity index (χ3v) is 6.17. The number of rotatable bonds is 9. The predicted octanol–water partition coefficient (Wildman–Crippen LogP) is 3.78. The number of ether oxygens (including phenoxy) is 1. The number of benzene rings is 3. The standard InChI is InChI=1S/C25H26NO8P/c1-16-2-5-18(6-3-16)33-19-7-9-22-21(13-19)24(28)20-8-4-17(12-23(20)34-22)10-11-25(26,14-27)15-32-35(29,30)31/h2-9,12-13,27H,10-11,14-15,26H2,1H3,(H2,29,30,31). The van der Waals surface area contributed by atoms with Gasteiger partial charge in [-0.15, -0.1) is 0 Å². The molecule has 0 spiro atoms. The molecule has 0 aliphatic heterocycles. The molecule has 3 aromatic carbocycles. The topological polar surface area (TPSA) is 152 Å². The lowest BCUT2D eigenvalue weighted by molar-refractivity contribution is 0.102. The summed E-state index contributed by atoms with van der Waals surface area (Å²) >= 11 is 0. The molecule has 184 valence electrons. The van der Waals surface area contributed by atoms with E-state index in [0.29, 0.717) is 39.9 Å². The van der Waals surface area contributed by atoms with Crippen molar-refractivity contribution in [3.8, 4) is 11.5 Å². The molecule has 1 atom stereocenters. The Morgan fingerprint density at radius 1 is 0.971 bits per heavy atom. The number of hydrogen-bond acceptors (Lipinski definition) is 7. The summed E-state index contributed by atoms with van der Waals surface area (Å²) in [4.78, 5) is 30.9. The third-order valence-electron chi connectivity index (χ3n) is 5.71. The first-order valence-corrected chi connectivity index (χ1v) is 12.4. The fourth-order valence-electron chi connectivity index (χ4n) is 3.64. The van der Waals surface area contributed by atoms with Gasteiger partial charge in [0.05, 0.1) is 29.5 Å². The van der Waals surface area contributed by atoms with Gasteiger partial charge < -0.3 is 29.8 Å². The van der Waals surface area contributed by atoms with Gasteiger partial charge in [-0.2, -0.15) is 0 Å². The molecule has 0 amide bonds. The first-order chi connectivity index (χ1) is 16.5. The molecular formula is C25H26NO8P. The van der Waals surface area contributed by atoms with Crippen LogP contribution in [0.1, 0.15) is 17.5 Å². The van der Waals surface area contributed by atoms with Crippen molar-refractivity contribution in [2.75, 3.05) is 13.2 Å². The molecule has 35 heavy (non-hydrogen) atoms. The number of aliphatic hydroxyl groups is 1. The molecule has 0 fully saturated rings. The van der Waals surface area contributed by atoms with Crippen molar-refractivity contribution in [2.24, 2.45) is 5.73 Å². The molecule has 0 radical (unpaired) electrons. The van der Waals surface area contributed by atoms with Crippen LogP contribution in [-0.4, -0.2) is 33.6 Å². The number of fused-ring (bicyclic) bond motifs is 2. The van der Waals surface area contributed by atoms with Crippen molar-refractivity contribution in [3.63, 3.8) is 0 Å². The Labute approximate surface area is 201 Å². The zero-order chi connectivity index (χ0) is 25.2. The highest BCUT2D eigenvalue weighted by Gasteiger charge is 2.28. The van der Waals surface area contributed by atoms with Crippen molar-refractivity contribution in [1.82, 2.24) is 0 Å². The molecule has 1 heterocycles. The Morgan fingerprint density at radius 2 is 1.69 bits per heavy atom. The highest BCUT2D eigenvalue weighted by Crippen LogP contribution is 2.37. The summed E-state index contributed by atoms with van der Waals surface area (Å²) in [5.41, 5.74) is 7.20. The molecule has 0 saturated heterocycles. The van der Waals surface area contributed by atoms with Crippen LogP contribution in [0.3, 0.4) is 0 Å². The number of aliphatic hydroxyl groups excluding tert-OH is 1. The second-order valence-electron chi connectivity index (χ2n) is 8.62. The fraction of sp³-hybridized carbons (Fsp3) is 0.240. The normalized spacial score (nSPS) is 13.7. The van der Waals surface area contributed by atoms with Crippen LogP contribution in [0.5, 0.6) is 11.5 Å². The minimum Gasteiger partial charge on any atom is -0.457 e. The van der Waals surface area contributed by atoms with Gasteiger partial charge in [0.25, 0.3) is 0 Å². The Hall–Kier alpha value is -3.04. The number of aryl methyl sites for hydroxylation is 2. The van der Waals surface area contributed by atoms with Gasteiger partial charge in [0, 0.05) is 0 Å². The molecule has 0 aliphatic carbocycles. The van der Waals surface area contributed by atoms with Crippen LogP contribution in [0.2, 0.25) is 0 Å². The maximum atomic E-state index is 13.1. The third kappa shape index (κ3) is 6.15. The van der Waals surface area contributed by atoms with Crippen molar-refractivity contribution >= 4 is 29.8 Å². The van der Waals surface area contributed by atoms with Crippen molar-refractivity contribution in [2.45, 2.75) is 25.3 Å². The van der Waals surface area contributed by atoms with Crippen LogP contribution in [0.15, 0.2) is 69.9 Å². The number of nitrogens with two attached hydrogens (primary N) is 1. The number of hydrogen-bond donors (Lipinski definition) is 4. The molecule has 1 aromatic heterocycles. The van der Waals surface area contributed by atoms with Crippen LogP contribution < -0.4 is 15.9 Å². The molecule has 0 bridgehead atoms. The second-order valence-corrected chi connectivity index (χ2v) is 9.86. The van der Waals surface area contributed by atoms with Crippen LogP contribution in [0.4, 0.5) is 0 Å². The van der Waals surface area contributed by atoms with Gasteiger partial charge in [0.2, 0.25) is 5.43 Å². The zero-order valence-corrected chi connectivity index (χ0v) is 19.9. The van der Waals surface area contributed by atoms with Gasteiger partial charge in [0.1, 0.15) is 22.7 Å². The maximum absolute atomic E-state index is 13.1. The lowest BCUT2D eigenvalue weighted by Crippen LogP contribution is -2.48. The quantitative estimate of drug-likeness (QED) is 0.199. The van der Waals surface area contributed by atoms with Crippen LogP contribution in [-0.2, 0) is 15.5 Å². The Kier molecular flexibility index (Phi) is 7.10. The summed E-state index contributed by atoms with van der Waals surface area (Å²) in [6.07, 6.45) is 0.551. The monoisotopic (exact) mass is 499 g/mol. The molecule has 5 N–H and O–H groups in total. The molecular weight excluding hydrogens is 473 g/mol. The first-order valence-electron chi connectivity index (χ1n) is 10.9. The fourth-order valence-corrected chi connectivity index (χ4v) is 4.07. The van der Waals surface area contributed by atoms with Gasteiger partial charge in [-0.25, -0.2) is 4.57 Å². The largest absolute Gasteiger partial charge is 0.469 e. The van der Waals surface area contributed by atoms with E-state index in [-0.39, 0.29) is 11.8 Å². The van der Waals surface area contributed by atoms with Gasteiger partial charge in [-0.3, -0.25) is 9.32 Å². The van der Waals surface area contributed by atoms with E-state index in [4.69, 9.17) is 24.7 Å². The zero-order valence-electron chi connectivity index (χ0n) is 19.0. The van der Waals surface area contributed by atoms with E-state index >= 15 is 0 Å². The summed E-state index contributed by atoms with van der Waals surface area (Å²) in [6.45, 7) is 0.961. The summed E-state index contributed by atoms with van der Waals surface area (Å²) in [7, 11) is -4.71. The molecule has 4 rings (SSSR count). The van der Waals surface area contributed by atoms with E-state index in [1.807, 2.05) is 31.2 Å². The van der Waals surface area contributed by atoms with Gasteiger partial charge in [-0.1, -0.05) is 23.8 Å². The highest BCUT2D eigenvalue weighted by atomic mass is 31.2. The Balaban J connectivity index is 1.57. The maximum Gasteiger partial charge on any atom is 0.469 e. The Morgan fingerprint density at radius 3 is 2.37 bits per heavy atom. The molecule has 9 nitrogen and oxygen atoms in total. The lowest BCUT2D eigenvalue weighted by atomic mass is 9.93. The smallest absolute Gasteiger partial charge is 0.457 e. The average Bonchev–Trinajstić information content (AvgIpc) is 2.83. The number of phosphoric acid groups is 1. The Bertz CT molecular complexity index is 1460. The van der Waals surface area contributed by atoms with E-state index in [0.717, 1.165) is 11.1 Å². The predicted molar refractivity (Wildman–Crippen MR) is 132 cm³/mol. The van der Waals surface area contributed by atoms with E-state index in [1.165, 1.54) is 0 Å². The van der Waals surface area contributed by atoms with Gasteiger partial charge in [0.15, 0.2) is 0 Å². The van der Waals surface area contributed by atoms with E-state index in [1.54, 1.807) is 36.4 Å². The van der Waals surface area contributed by atoms with E-state index in [9.17, 15) is 14.5 Å². The van der Waals surface area contributed by atoms with Gasteiger partial charge >= 0.3 is 7.82 Å². The molecule has 1 unspecified atom stereocenters.